The number of ether oxygens (including phenoxy) is 2. The van der Waals surface area contributed by atoms with Crippen molar-refractivity contribution in [2.75, 3.05) is 13.7 Å². The van der Waals surface area contributed by atoms with E-state index in [0.29, 0.717) is 18.4 Å². The molecule has 1 aliphatic rings. The molecule has 8 heteroatoms. The van der Waals surface area contributed by atoms with Crippen LogP contribution in [0.5, 0.6) is 5.75 Å². The molecule has 29 heavy (non-hydrogen) atoms. The zero-order chi connectivity index (χ0) is 21.0. The molecule has 154 valence electrons. The number of sulfonamides is 1. The van der Waals surface area contributed by atoms with Gasteiger partial charge in [-0.3, -0.25) is 0 Å². The predicted molar refractivity (Wildman–Crippen MR) is 106 cm³/mol. The molecule has 2 aromatic rings. The maximum Gasteiger partial charge on any atom is 0.337 e. The van der Waals surface area contributed by atoms with Gasteiger partial charge in [-0.15, -0.1) is 0 Å². The lowest BCUT2D eigenvalue weighted by Gasteiger charge is -2.33. The second-order valence-corrected chi connectivity index (χ2v) is 8.77. The summed E-state index contributed by atoms with van der Waals surface area (Å²) in [7, 11) is -2.54. The summed E-state index contributed by atoms with van der Waals surface area (Å²) in [6, 6.07) is 11.6. The summed E-state index contributed by atoms with van der Waals surface area (Å²) in [5.41, 5.74) is 1.28. The minimum absolute atomic E-state index is 0.158. The van der Waals surface area contributed by atoms with Crippen LogP contribution in [-0.2, 0) is 19.6 Å². The number of piperidine rings is 1. The van der Waals surface area contributed by atoms with Gasteiger partial charge in [-0.05, 0) is 62.6 Å². The smallest absolute Gasteiger partial charge is 0.337 e. The van der Waals surface area contributed by atoms with Crippen molar-refractivity contribution in [2.45, 2.75) is 37.1 Å². The fourth-order valence-corrected chi connectivity index (χ4v) is 4.88. The topological polar surface area (TPSA) is 90.0 Å². The molecule has 1 heterocycles. The van der Waals surface area contributed by atoms with Gasteiger partial charge in [0.1, 0.15) is 11.8 Å². The monoisotopic (exact) mass is 417 g/mol. The number of aryl methyl sites for hydroxylation is 1. The van der Waals surface area contributed by atoms with Crippen LogP contribution in [0, 0.1) is 6.92 Å². The number of benzene rings is 2. The molecule has 1 aliphatic heterocycles. The van der Waals surface area contributed by atoms with Gasteiger partial charge in [0.15, 0.2) is 0 Å². The molecule has 0 aliphatic carbocycles. The van der Waals surface area contributed by atoms with E-state index >= 15 is 0 Å². The lowest BCUT2D eigenvalue weighted by molar-refractivity contribution is -0.139. The van der Waals surface area contributed by atoms with Crippen LogP contribution in [0.1, 0.15) is 35.2 Å². The lowest BCUT2D eigenvalue weighted by atomic mass is 10.1. The summed E-state index contributed by atoms with van der Waals surface area (Å²) < 4.78 is 37.4. The maximum absolute atomic E-state index is 13.1. The first-order valence-corrected chi connectivity index (χ1v) is 10.8. The van der Waals surface area contributed by atoms with E-state index in [1.165, 1.54) is 35.7 Å². The fraction of sp³-hybridized carbons (Fsp3) is 0.333. The molecule has 3 rings (SSSR count). The van der Waals surface area contributed by atoms with Gasteiger partial charge < -0.3 is 9.47 Å². The first-order chi connectivity index (χ1) is 13.8. The number of methoxy groups -OCH3 is 1. The first kappa shape index (κ1) is 21.0. The van der Waals surface area contributed by atoms with Crippen molar-refractivity contribution in [3.05, 3.63) is 59.7 Å². The van der Waals surface area contributed by atoms with E-state index in [1.807, 2.05) is 6.92 Å². The molecule has 0 spiro atoms. The number of carbonyl (C=O) groups excluding carboxylic acids is 2. The van der Waals surface area contributed by atoms with Gasteiger partial charge in [-0.2, -0.15) is 4.31 Å². The molecular formula is C21H23NO6S. The molecule has 2 aromatic carbocycles. The Balaban J connectivity index is 1.79. The average molecular weight is 417 g/mol. The number of hydrogen-bond donors (Lipinski definition) is 0. The van der Waals surface area contributed by atoms with Crippen molar-refractivity contribution in [3.8, 4) is 5.75 Å². The molecule has 0 bridgehead atoms. The van der Waals surface area contributed by atoms with E-state index in [4.69, 9.17) is 4.74 Å². The molecule has 1 atom stereocenters. The summed E-state index contributed by atoms with van der Waals surface area (Å²) in [6.45, 7) is 2.14. The van der Waals surface area contributed by atoms with Crippen molar-refractivity contribution in [2.24, 2.45) is 0 Å². The zero-order valence-corrected chi connectivity index (χ0v) is 17.1. The summed E-state index contributed by atoms with van der Waals surface area (Å²) in [5, 5.41) is 0. The Morgan fingerprint density at radius 3 is 2.28 bits per heavy atom. The third kappa shape index (κ3) is 4.65. The molecule has 0 N–H and O–H groups in total. The van der Waals surface area contributed by atoms with Crippen LogP contribution in [-0.4, -0.2) is 44.4 Å². The SMILES string of the molecule is COC(=O)c1ccc(OC(=O)[C@@H]2CCCCN2S(=O)(=O)c2ccc(C)cc2)cc1. The first-order valence-electron chi connectivity index (χ1n) is 9.31. The van der Waals surface area contributed by atoms with Crippen LogP contribution < -0.4 is 4.74 Å². The highest BCUT2D eigenvalue weighted by molar-refractivity contribution is 7.89. The van der Waals surface area contributed by atoms with Gasteiger partial charge in [-0.1, -0.05) is 17.7 Å². The Hall–Kier alpha value is -2.71. The standard InChI is InChI=1S/C21H23NO6S/c1-15-6-12-18(13-7-15)29(25,26)22-14-4-3-5-19(22)21(24)28-17-10-8-16(9-11-17)20(23)27-2/h6-13,19H,3-5,14H2,1-2H3/t19-/m0/s1. The van der Waals surface area contributed by atoms with Crippen molar-refractivity contribution in [3.63, 3.8) is 0 Å². The molecule has 0 aromatic heterocycles. The minimum atomic E-state index is -3.82. The van der Waals surface area contributed by atoms with Gasteiger partial charge >= 0.3 is 11.9 Å². The highest BCUT2D eigenvalue weighted by atomic mass is 32.2. The number of hydrogen-bond acceptors (Lipinski definition) is 6. The van der Waals surface area contributed by atoms with Gasteiger partial charge in [0.2, 0.25) is 10.0 Å². The number of nitrogens with zero attached hydrogens (tertiary/aromatic N) is 1. The van der Waals surface area contributed by atoms with Crippen molar-refractivity contribution in [1.82, 2.24) is 4.31 Å². The Labute approximate surface area is 170 Å². The van der Waals surface area contributed by atoms with E-state index in [1.54, 1.807) is 24.3 Å². The third-order valence-electron chi connectivity index (χ3n) is 4.85. The third-order valence-corrected chi connectivity index (χ3v) is 6.77. The molecular weight excluding hydrogens is 394 g/mol. The Morgan fingerprint density at radius 1 is 1.00 bits per heavy atom. The maximum atomic E-state index is 13.1. The molecule has 7 nitrogen and oxygen atoms in total. The summed E-state index contributed by atoms with van der Waals surface area (Å²) >= 11 is 0. The normalized spacial score (nSPS) is 17.5. The Bertz CT molecular complexity index is 983. The molecule has 0 radical (unpaired) electrons. The second kappa shape index (κ2) is 8.75. The van der Waals surface area contributed by atoms with Crippen LogP contribution in [0.25, 0.3) is 0 Å². The highest BCUT2D eigenvalue weighted by Gasteiger charge is 2.38. The van der Waals surface area contributed by atoms with Crippen LogP contribution in [0.3, 0.4) is 0 Å². The fourth-order valence-electron chi connectivity index (χ4n) is 3.23. The van der Waals surface area contributed by atoms with Gasteiger partial charge in [0.25, 0.3) is 0 Å². The molecule has 1 saturated heterocycles. The Kier molecular flexibility index (Phi) is 6.34. The minimum Gasteiger partial charge on any atom is -0.465 e. The summed E-state index contributed by atoms with van der Waals surface area (Å²) in [5.74, 6) is -0.891. The summed E-state index contributed by atoms with van der Waals surface area (Å²) in [4.78, 5) is 24.4. The van der Waals surface area contributed by atoms with Crippen LogP contribution in [0.15, 0.2) is 53.4 Å². The van der Waals surface area contributed by atoms with Crippen LogP contribution >= 0.6 is 0 Å². The van der Waals surface area contributed by atoms with Gasteiger partial charge in [0.05, 0.1) is 17.6 Å². The van der Waals surface area contributed by atoms with Crippen LogP contribution in [0.4, 0.5) is 0 Å². The number of rotatable bonds is 5. The molecule has 0 saturated carbocycles. The number of esters is 2. The van der Waals surface area contributed by atoms with Gasteiger partial charge in [-0.25, -0.2) is 18.0 Å². The van der Waals surface area contributed by atoms with Crippen molar-refractivity contribution >= 4 is 22.0 Å². The lowest BCUT2D eigenvalue weighted by Crippen LogP contribution is -2.49. The van der Waals surface area contributed by atoms with Gasteiger partial charge in [0, 0.05) is 6.54 Å². The zero-order valence-electron chi connectivity index (χ0n) is 16.3. The predicted octanol–water partition coefficient (Wildman–Crippen LogP) is 2.93. The Morgan fingerprint density at radius 2 is 1.66 bits per heavy atom. The van der Waals surface area contributed by atoms with E-state index in [-0.39, 0.29) is 17.2 Å². The van der Waals surface area contributed by atoms with Crippen molar-refractivity contribution in [1.29, 1.82) is 0 Å². The summed E-state index contributed by atoms with van der Waals surface area (Å²) in [6.07, 6.45) is 1.81. The van der Waals surface area contributed by atoms with E-state index in [2.05, 4.69) is 4.74 Å². The van der Waals surface area contributed by atoms with Crippen LogP contribution in [0.2, 0.25) is 0 Å². The van der Waals surface area contributed by atoms with E-state index in [0.717, 1.165) is 12.0 Å². The van der Waals surface area contributed by atoms with Crippen molar-refractivity contribution < 1.29 is 27.5 Å². The largest absolute Gasteiger partial charge is 0.465 e. The molecule has 1 fully saturated rings. The average Bonchev–Trinajstić information content (AvgIpc) is 2.74. The second-order valence-electron chi connectivity index (χ2n) is 6.88. The quantitative estimate of drug-likeness (QED) is 0.549. The van der Waals surface area contributed by atoms with E-state index < -0.39 is 28.0 Å². The highest BCUT2D eigenvalue weighted by Crippen LogP contribution is 2.27. The molecule has 0 amide bonds. The molecule has 0 unspecified atom stereocenters. The van der Waals surface area contributed by atoms with E-state index in [9.17, 15) is 18.0 Å². The number of carbonyl (C=O) groups is 2.